The summed E-state index contributed by atoms with van der Waals surface area (Å²) in [5.74, 6) is 1.10. The van der Waals surface area contributed by atoms with Crippen molar-refractivity contribution in [1.29, 1.82) is 0 Å². The first-order valence-electron chi connectivity index (χ1n) is 10.2. The second kappa shape index (κ2) is 8.57. The standard InChI is InChI=1S/C19H34N2O4S/c1-14(2)3-7-21-12-17-16(6-10-26(23,24)18(17)13-21)19(22)20-11-15-4-8-25-9-5-15/h14-18H,3-13H2,1-2H3,(H,20,22)/t16-,17-,18-/m1/s1. The van der Waals surface area contributed by atoms with E-state index in [1.54, 1.807) is 0 Å². The Morgan fingerprint density at radius 1 is 1.19 bits per heavy atom. The molecule has 26 heavy (non-hydrogen) atoms. The number of rotatable bonds is 6. The van der Waals surface area contributed by atoms with Gasteiger partial charge in [-0.25, -0.2) is 8.42 Å². The maximum absolute atomic E-state index is 12.8. The number of hydrogen-bond donors (Lipinski definition) is 1. The van der Waals surface area contributed by atoms with Gasteiger partial charge in [0.25, 0.3) is 0 Å². The monoisotopic (exact) mass is 386 g/mol. The highest BCUT2D eigenvalue weighted by Crippen LogP contribution is 2.37. The molecule has 6 nitrogen and oxygen atoms in total. The number of fused-ring (bicyclic) bond motifs is 1. The third-order valence-corrected chi connectivity index (χ3v) is 8.57. The van der Waals surface area contributed by atoms with Gasteiger partial charge in [-0.1, -0.05) is 13.8 Å². The predicted octanol–water partition coefficient (Wildman–Crippen LogP) is 1.31. The van der Waals surface area contributed by atoms with Gasteiger partial charge in [-0.3, -0.25) is 4.79 Å². The second-order valence-electron chi connectivity index (χ2n) is 8.71. The molecular formula is C19H34N2O4S. The number of carbonyl (C=O) groups excluding carboxylic acids is 1. The van der Waals surface area contributed by atoms with E-state index in [0.29, 0.717) is 31.3 Å². The molecule has 0 unspecified atom stereocenters. The van der Waals surface area contributed by atoms with Gasteiger partial charge >= 0.3 is 0 Å². The Balaban J connectivity index is 1.59. The quantitative estimate of drug-likeness (QED) is 0.745. The van der Waals surface area contributed by atoms with E-state index >= 15 is 0 Å². The number of likely N-dealkylation sites (tertiary alicyclic amines) is 1. The molecule has 3 aliphatic rings. The van der Waals surface area contributed by atoms with E-state index in [1.807, 2.05) is 0 Å². The molecular weight excluding hydrogens is 352 g/mol. The molecule has 3 atom stereocenters. The molecule has 1 N–H and O–H groups in total. The van der Waals surface area contributed by atoms with Crippen molar-refractivity contribution >= 4 is 15.7 Å². The highest BCUT2D eigenvalue weighted by molar-refractivity contribution is 7.92. The van der Waals surface area contributed by atoms with Crippen LogP contribution >= 0.6 is 0 Å². The lowest BCUT2D eigenvalue weighted by atomic mass is 9.87. The third kappa shape index (κ3) is 4.78. The normalized spacial score (nSPS) is 32.5. The van der Waals surface area contributed by atoms with E-state index in [0.717, 1.165) is 45.6 Å². The van der Waals surface area contributed by atoms with Crippen molar-refractivity contribution in [1.82, 2.24) is 10.2 Å². The van der Waals surface area contributed by atoms with Gasteiger partial charge in [0.1, 0.15) is 0 Å². The van der Waals surface area contributed by atoms with Gasteiger partial charge in [0.05, 0.1) is 11.0 Å². The number of hydrogen-bond acceptors (Lipinski definition) is 5. The lowest BCUT2D eigenvalue weighted by molar-refractivity contribution is -0.127. The van der Waals surface area contributed by atoms with Crippen LogP contribution in [0, 0.1) is 23.7 Å². The molecule has 7 heteroatoms. The highest BCUT2D eigenvalue weighted by atomic mass is 32.2. The fourth-order valence-electron chi connectivity index (χ4n) is 4.58. The summed E-state index contributed by atoms with van der Waals surface area (Å²) < 4.78 is 30.5. The first kappa shape index (κ1) is 20.1. The van der Waals surface area contributed by atoms with E-state index in [1.165, 1.54) is 0 Å². The Morgan fingerprint density at radius 2 is 1.92 bits per heavy atom. The van der Waals surface area contributed by atoms with Crippen LogP contribution in [0.4, 0.5) is 0 Å². The van der Waals surface area contributed by atoms with Crippen LogP contribution in [0.5, 0.6) is 0 Å². The molecule has 3 rings (SSSR count). The van der Waals surface area contributed by atoms with Crippen molar-refractivity contribution < 1.29 is 17.9 Å². The number of sulfone groups is 1. The van der Waals surface area contributed by atoms with Gasteiger partial charge in [0.2, 0.25) is 5.91 Å². The lowest BCUT2D eigenvalue weighted by Crippen LogP contribution is -2.48. The van der Waals surface area contributed by atoms with Gasteiger partial charge in [0, 0.05) is 44.7 Å². The molecule has 0 aromatic heterocycles. The van der Waals surface area contributed by atoms with Crippen LogP contribution in [0.2, 0.25) is 0 Å². The van der Waals surface area contributed by atoms with E-state index < -0.39 is 9.84 Å². The molecule has 0 saturated carbocycles. The first-order valence-corrected chi connectivity index (χ1v) is 11.9. The highest BCUT2D eigenvalue weighted by Gasteiger charge is 2.50. The van der Waals surface area contributed by atoms with Crippen LogP contribution in [-0.4, -0.2) is 69.6 Å². The average molecular weight is 387 g/mol. The molecule has 0 spiro atoms. The minimum atomic E-state index is -3.07. The molecule has 3 fully saturated rings. The summed E-state index contributed by atoms with van der Waals surface area (Å²) in [7, 11) is -3.07. The largest absolute Gasteiger partial charge is 0.381 e. The Labute approximate surface area is 158 Å². The zero-order chi connectivity index (χ0) is 18.7. The van der Waals surface area contributed by atoms with E-state index in [9.17, 15) is 13.2 Å². The Bertz CT molecular complexity index is 586. The number of ether oxygens (including phenoxy) is 1. The number of amides is 1. The second-order valence-corrected chi connectivity index (χ2v) is 11.0. The van der Waals surface area contributed by atoms with E-state index in [2.05, 4.69) is 24.1 Å². The van der Waals surface area contributed by atoms with Crippen molar-refractivity contribution in [3.05, 3.63) is 0 Å². The summed E-state index contributed by atoms with van der Waals surface area (Å²) in [6, 6.07) is 0. The van der Waals surface area contributed by atoms with Crippen LogP contribution in [0.3, 0.4) is 0 Å². The Morgan fingerprint density at radius 3 is 2.62 bits per heavy atom. The lowest BCUT2D eigenvalue weighted by Gasteiger charge is -2.32. The summed E-state index contributed by atoms with van der Waals surface area (Å²) in [5.41, 5.74) is 0. The van der Waals surface area contributed by atoms with Gasteiger partial charge in [-0.2, -0.15) is 0 Å². The molecule has 1 amide bonds. The summed E-state index contributed by atoms with van der Waals surface area (Å²) in [6.07, 6.45) is 3.53. The molecule has 3 saturated heterocycles. The summed E-state index contributed by atoms with van der Waals surface area (Å²) >= 11 is 0. The summed E-state index contributed by atoms with van der Waals surface area (Å²) in [6.45, 7) is 8.89. The van der Waals surface area contributed by atoms with Crippen LogP contribution in [0.25, 0.3) is 0 Å². The van der Waals surface area contributed by atoms with Gasteiger partial charge in [0.15, 0.2) is 9.84 Å². The number of nitrogens with one attached hydrogen (secondary N) is 1. The van der Waals surface area contributed by atoms with Gasteiger partial charge in [-0.15, -0.1) is 0 Å². The molecule has 3 heterocycles. The first-order chi connectivity index (χ1) is 12.4. The van der Waals surface area contributed by atoms with Crippen LogP contribution in [-0.2, 0) is 19.4 Å². The van der Waals surface area contributed by atoms with Gasteiger partial charge in [-0.05, 0) is 44.1 Å². The summed E-state index contributed by atoms with van der Waals surface area (Å²) in [5, 5.41) is 2.76. The topological polar surface area (TPSA) is 75.7 Å². The van der Waals surface area contributed by atoms with Crippen molar-refractivity contribution in [2.24, 2.45) is 23.7 Å². The van der Waals surface area contributed by atoms with E-state index in [-0.39, 0.29) is 28.7 Å². The Hall–Kier alpha value is -0.660. The molecule has 0 aromatic carbocycles. The smallest absolute Gasteiger partial charge is 0.223 e. The van der Waals surface area contributed by atoms with Crippen molar-refractivity contribution in [2.75, 3.05) is 45.1 Å². The molecule has 0 aliphatic carbocycles. The molecule has 0 aromatic rings. The maximum atomic E-state index is 12.8. The minimum absolute atomic E-state index is 0.0457. The molecule has 3 aliphatic heterocycles. The molecule has 0 radical (unpaired) electrons. The van der Waals surface area contributed by atoms with E-state index in [4.69, 9.17) is 4.74 Å². The fourth-order valence-corrected chi connectivity index (χ4v) is 6.71. The zero-order valence-electron chi connectivity index (χ0n) is 16.2. The summed E-state index contributed by atoms with van der Waals surface area (Å²) in [4.78, 5) is 15.1. The third-order valence-electron chi connectivity index (χ3n) is 6.34. The predicted molar refractivity (Wildman–Crippen MR) is 102 cm³/mol. The number of carbonyl (C=O) groups is 1. The Kier molecular flexibility index (Phi) is 6.62. The van der Waals surface area contributed by atoms with Crippen molar-refractivity contribution in [3.8, 4) is 0 Å². The maximum Gasteiger partial charge on any atom is 0.223 e. The molecule has 0 bridgehead atoms. The zero-order valence-corrected chi connectivity index (χ0v) is 17.0. The van der Waals surface area contributed by atoms with Crippen LogP contribution in [0.1, 0.15) is 39.5 Å². The van der Waals surface area contributed by atoms with Crippen molar-refractivity contribution in [3.63, 3.8) is 0 Å². The van der Waals surface area contributed by atoms with Crippen LogP contribution < -0.4 is 5.32 Å². The molecule has 150 valence electrons. The van der Waals surface area contributed by atoms with Crippen molar-refractivity contribution in [2.45, 2.75) is 44.8 Å². The SMILES string of the molecule is CC(C)CCN1C[C@H]2[C@@H](C1)S(=O)(=O)CC[C@H]2C(=O)NCC1CCOCC1. The van der Waals surface area contributed by atoms with Crippen LogP contribution in [0.15, 0.2) is 0 Å². The average Bonchev–Trinajstić information content (AvgIpc) is 3.04. The number of nitrogens with zero attached hydrogens (tertiary/aromatic N) is 1. The van der Waals surface area contributed by atoms with Gasteiger partial charge < -0.3 is 15.0 Å². The fraction of sp³-hybridized carbons (Fsp3) is 0.947. The minimum Gasteiger partial charge on any atom is -0.381 e.